The fourth-order valence-corrected chi connectivity index (χ4v) is 2.14. The van der Waals surface area contributed by atoms with Crippen LogP contribution in [-0.2, 0) is 11.2 Å². The predicted octanol–water partition coefficient (Wildman–Crippen LogP) is 3.30. The summed E-state index contributed by atoms with van der Waals surface area (Å²) in [6.07, 6.45) is 2.75. The van der Waals surface area contributed by atoms with Crippen LogP contribution in [0.2, 0.25) is 0 Å². The van der Waals surface area contributed by atoms with Crippen LogP contribution in [0.25, 0.3) is 5.69 Å². The summed E-state index contributed by atoms with van der Waals surface area (Å²) in [6.45, 7) is 1.56. The third kappa shape index (κ3) is 2.85. The highest BCUT2D eigenvalue weighted by Crippen LogP contribution is 2.21. The Labute approximate surface area is 113 Å². The molecule has 0 radical (unpaired) electrons. The van der Waals surface area contributed by atoms with Crippen molar-refractivity contribution < 1.29 is 9.18 Å². The second kappa shape index (κ2) is 5.44. The molecule has 0 unspecified atom stereocenters. The van der Waals surface area contributed by atoms with E-state index in [2.05, 4.69) is 21.0 Å². The minimum atomic E-state index is -0.282. The molecule has 18 heavy (non-hydrogen) atoms. The first-order chi connectivity index (χ1) is 8.58. The fourth-order valence-electron chi connectivity index (χ4n) is 1.68. The van der Waals surface area contributed by atoms with Gasteiger partial charge < -0.3 is 4.79 Å². The average Bonchev–Trinajstić information content (AvgIpc) is 2.69. The molecule has 0 spiro atoms. The van der Waals surface area contributed by atoms with Crippen LogP contribution in [-0.4, -0.2) is 15.6 Å². The van der Waals surface area contributed by atoms with E-state index in [9.17, 15) is 9.18 Å². The van der Waals surface area contributed by atoms with Crippen LogP contribution in [0.15, 0.2) is 34.9 Å². The summed E-state index contributed by atoms with van der Waals surface area (Å²) in [6, 6.07) is 6.09. The molecule has 5 heteroatoms. The van der Waals surface area contributed by atoms with Gasteiger partial charge in [-0.25, -0.2) is 9.07 Å². The van der Waals surface area contributed by atoms with E-state index in [1.807, 2.05) is 0 Å². The zero-order valence-corrected chi connectivity index (χ0v) is 11.4. The van der Waals surface area contributed by atoms with Crippen LogP contribution >= 0.6 is 15.9 Å². The molecule has 0 aliphatic carbocycles. The predicted molar refractivity (Wildman–Crippen MR) is 70.2 cm³/mol. The van der Waals surface area contributed by atoms with Crippen molar-refractivity contribution in [3.8, 4) is 5.69 Å². The highest BCUT2D eigenvalue weighted by atomic mass is 79.9. The second-order valence-corrected chi connectivity index (χ2v) is 4.88. The molecule has 94 valence electrons. The minimum Gasteiger partial charge on any atom is -0.300 e. The van der Waals surface area contributed by atoms with Crippen LogP contribution in [0, 0.1) is 5.82 Å². The van der Waals surface area contributed by atoms with Gasteiger partial charge in [0.2, 0.25) is 0 Å². The van der Waals surface area contributed by atoms with Crippen molar-refractivity contribution >= 4 is 21.7 Å². The Hall–Kier alpha value is -1.49. The SMILES string of the molecule is CC(=O)CCc1c(Br)cnn1-c1ccc(F)cc1. The minimum absolute atomic E-state index is 0.133. The van der Waals surface area contributed by atoms with E-state index in [1.54, 1.807) is 29.9 Å². The van der Waals surface area contributed by atoms with Crippen LogP contribution in [0.1, 0.15) is 19.0 Å². The Kier molecular flexibility index (Phi) is 3.91. The molecule has 0 saturated heterocycles. The van der Waals surface area contributed by atoms with Crippen molar-refractivity contribution in [2.24, 2.45) is 0 Å². The number of carbonyl (C=O) groups is 1. The number of rotatable bonds is 4. The van der Waals surface area contributed by atoms with Gasteiger partial charge in [0.25, 0.3) is 0 Å². The number of carbonyl (C=O) groups excluding carboxylic acids is 1. The number of ketones is 1. The largest absolute Gasteiger partial charge is 0.300 e. The molecule has 0 saturated carbocycles. The molecule has 0 N–H and O–H groups in total. The van der Waals surface area contributed by atoms with E-state index in [0.717, 1.165) is 15.9 Å². The number of hydrogen-bond acceptors (Lipinski definition) is 2. The van der Waals surface area contributed by atoms with E-state index in [0.29, 0.717) is 12.8 Å². The van der Waals surface area contributed by atoms with Crippen LogP contribution < -0.4 is 0 Å². The number of Topliss-reactive ketones (excluding diaryl/α,β-unsaturated/α-hetero) is 1. The van der Waals surface area contributed by atoms with Crippen molar-refractivity contribution in [3.05, 3.63) is 46.4 Å². The van der Waals surface area contributed by atoms with E-state index < -0.39 is 0 Å². The maximum Gasteiger partial charge on any atom is 0.130 e. The van der Waals surface area contributed by atoms with Crippen molar-refractivity contribution in [1.29, 1.82) is 0 Å². The number of hydrogen-bond donors (Lipinski definition) is 0. The molecular weight excluding hydrogens is 299 g/mol. The van der Waals surface area contributed by atoms with E-state index in [4.69, 9.17) is 0 Å². The highest BCUT2D eigenvalue weighted by molar-refractivity contribution is 9.10. The lowest BCUT2D eigenvalue weighted by molar-refractivity contribution is -0.117. The number of nitrogens with zero attached hydrogens (tertiary/aromatic N) is 2. The number of benzene rings is 1. The summed E-state index contributed by atoms with van der Waals surface area (Å²) >= 11 is 3.41. The van der Waals surface area contributed by atoms with Gasteiger partial charge in [0.15, 0.2) is 0 Å². The summed E-state index contributed by atoms with van der Waals surface area (Å²) in [4.78, 5) is 11.0. The summed E-state index contributed by atoms with van der Waals surface area (Å²) in [7, 11) is 0. The lowest BCUT2D eigenvalue weighted by Gasteiger charge is -2.07. The third-order valence-electron chi connectivity index (χ3n) is 2.60. The Morgan fingerprint density at radius 3 is 2.67 bits per heavy atom. The highest BCUT2D eigenvalue weighted by Gasteiger charge is 2.11. The first-order valence-corrected chi connectivity index (χ1v) is 6.35. The van der Waals surface area contributed by atoms with Crippen molar-refractivity contribution in [2.75, 3.05) is 0 Å². The average molecular weight is 311 g/mol. The van der Waals surface area contributed by atoms with Gasteiger partial charge in [-0.15, -0.1) is 0 Å². The van der Waals surface area contributed by atoms with Gasteiger partial charge >= 0.3 is 0 Å². The number of halogens is 2. The van der Waals surface area contributed by atoms with Gasteiger partial charge in [0, 0.05) is 6.42 Å². The van der Waals surface area contributed by atoms with Crippen LogP contribution in [0.4, 0.5) is 4.39 Å². The third-order valence-corrected chi connectivity index (χ3v) is 3.27. The molecule has 1 heterocycles. The molecule has 0 atom stereocenters. The Balaban J connectivity index is 2.33. The Morgan fingerprint density at radius 1 is 1.39 bits per heavy atom. The van der Waals surface area contributed by atoms with Gasteiger partial charge in [-0.05, 0) is 53.5 Å². The molecule has 3 nitrogen and oxygen atoms in total. The van der Waals surface area contributed by atoms with E-state index in [1.165, 1.54) is 12.1 Å². The molecular formula is C13H12BrFN2O. The maximum absolute atomic E-state index is 12.9. The number of aromatic nitrogens is 2. The molecule has 2 rings (SSSR count). The van der Waals surface area contributed by atoms with Gasteiger partial charge in [0.1, 0.15) is 11.6 Å². The summed E-state index contributed by atoms with van der Waals surface area (Å²) < 4.78 is 15.4. The zero-order valence-electron chi connectivity index (χ0n) is 9.86. The monoisotopic (exact) mass is 310 g/mol. The molecule has 0 aliphatic heterocycles. The zero-order chi connectivity index (χ0) is 13.1. The Morgan fingerprint density at radius 2 is 2.06 bits per heavy atom. The van der Waals surface area contributed by atoms with Crippen molar-refractivity contribution in [2.45, 2.75) is 19.8 Å². The first kappa shape index (κ1) is 13.0. The fraction of sp³-hybridized carbons (Fsp3) is 0.231. The topological polar surface area (TPSA) is 34.9 Å². The lowest BCUT2D eigenvalue weighted by atomic mass is 10.2. The second-order valence-electron chi connectivity index (χ2n) is 4.03. The van der Waals surface area contributed by atoms with Crippen LogP contribution in [0.3, 0.4) is 0 Å². The van der Waals surface area contributed by atoms with Crippen LogP contribution in [0.5, 0.6) is 0 Å². The van der Waals surface area contributed by atoms with Gasteiger partial charge in [-0.1, -0.05) is 0 Å². The normalized spacial score (nSPS) is 10.6. The first-order valence-electron chi connectivity index (χ1n) is 5.55. The standard InChI is InChI=1S/C13H12BrFN2O/c1-9(18)2-7-13-12(14)8-16-17(13)11-5-3-10(15)4-6-11/h3-6,8H,2,7H2,1H3. The molecule has 1 aromatic heterocycles. The lowest BCUT2D eigenvalue weighted by Crippen LogP contribution is -2.04. The quantitative estimate of drug-likeness (QED) is 0.868. The molecule has 0 amide bonds. The summed E-state index contributed by atoms with van der Waals surface area (Å²) in [5, 5.41) is 4.23. The van der Waals surface area contributed by atoms with E-state index in [-0.39, 0.29) is 11.6 Å². The smallest absolute Gasteiger partial charge is 0.130 e. The molecule has 0 fully saturated rings. The van der Waals surface area contributed by atoms with Gasteiger partial charge in [-0.2, -0.15) is 5.10 Å². The summed E-state index contributed by atoms with van der Waals surface area (Å²) in [5.41, 5.74) is 1.69. The molecule has 2 aromatic rings. The van der Waals surface area contributed by atoms with Crippen molar-refractivity contribution in [1.82, 2.24) is 9.78 Å². The molecule has 1 aromatic carbocycles. The van der Waals surface area contributed by atoms with Gasteiger partial charge in [-0.3, -0.25) is 0 Å². The summed E-state index contributed by atoms with van der Waals surface area (Å²) in [5.74, 6) is -0.149. The van der Waals surface area contributed by atoms with Gasteiger partial charge in [0.05, 0.1) is 22.1 Å². The van der Waals surface area contributed by atoms with Crippen molar-refractivity contribution in [3.63, 3.8) is 0 Å². The molecule has 0 aliphatic rings. The Bertz CT molecular complexity index is 563. The maximum atomic E-state index is 12.9. The van der Waals surface area contributed by atoms with E-state index >= 15 is 0 Å². The molecule has 0 bridgehead atoms.